The lowest BCUT2D eigenvalue weighted by atomic mass is 9.93. The molecule has 0 radical (unpaired) electrons. The van der Waals surface area contributed by atoms with Gasteiger partial charge in [-0.15, -0.1) is 0 Å². The highest BCUT2D eigenvalue weighted by atomic mass is 16.5. The molecule has 0 saturated heterocycles. The fourth-order valence-corrected chi connectivity index (χ4v) is 2.61. The second-order valence-electron chi connectivity index (χ2n) is 6.18. The van der Waals surface area contributed by atoms with E-state index in [0.717, 1.165) is 24.2 Å². The maximum Gasteiger partial charge on any atom is 0.310 e. The summed E-state index contributed by atoms with van der Waals surface area (Å²) in [4.78, 5) is 11.5. The van der Waals surface area contributed by atoms with E-state index in [4.69, 9.17) is 4.74 Å². The van der Waals surface area contributed by atoms with Crippen molar-refractivity contribution in [2.45, 2.75) is 77.7 Å². The van der Waals surface area contributed by atoms with Crippen molar-refractivity contribution in [3.63, 3.8) is 0 Å². The zero-order chi connectivity index (χ0) is 16.4. The van der Waals surface area contributed by atoms with Gasteiger partial charge in [-0.2, -0.15) is 0 Å². The van der Waals surface area contributed by atoms with E-state index in [2.05, 4.69) is 6.92 Å². The molecule has 0 saturated carbocycles. The Kier molecular flexibility index (Phi) is 8.64. The minimum Gasteiger partial charge on any atom is -0.491 e. The molecule has 1 unspecified atom stereocenters. The van der Waals surface area contributed by atoms with Crippen LogP contribution in [0.25, 0.3) is 0 Å². The van der Waals surface area contributed by atoms with Gasteiger partial charge in [-0.25, -0.2) is 0 Å². The van der Waals surface area contributed by atoms with Gasteiger partial charge < -0.3 is 9.84 Å². The monoisotopic (exact) mass is 306 g/mol. The van der Waals surface area contributed by atoms with Crippen LogP contribution in [0.4, 0.5) is 0 Å². The standard InChI is InChI=1S/C19H30O3/c1-4-5-6-7-8-9-10-18(19(20)21)16-11-13-17(14-12-16)22-15(2)3/h11-15,18H,4-10H2,1-3H3,(H,20,21). The second kappa shape index (κ2) is 10.3. The van der Waals surface area contributed by atoms with Crippen LogP contribution < -0.4 is 4.74 Å². The SMILES string of the molecule is CCCCCCCCC(C(=O)O)c1ccc(OC(C)C)cc1. The molecule has 0 aliphatic carbocycles. The Morgan fingerprint density at radius 3 is 2.18 bits per heavy atom. The minimum atomic E-state index is -0.730. The van der Waals surface area contributed by atoms with Gasteiger partial charge in [-0.1, -0.05) is 57.6 Å². The summed E-state index contributed by atoms with van der Waals surface area (Å²) in [6.45, 7) is 6.16. The van der Waals surface area contributed by atoms with Crippen LogP contribution in [-0.4, -0.2) is 17.2 Å². The van der Waals surface area contributed by atoms with Gasteiger partial charge in [0.2, 0.25) is 0 Å². The number of carboxylic acid groups (broad SMARTS) is 1. The highest BCUT2D eigenvalue weighted by Gasteiger charge is 2.19. The van der Waals surface area contributed by atoms with Crippen molar-refractivity contribution in [1.29, 1.82) is 0 Å². The molecule has 3 nitrogen and oxygen atoms in total. The zero-order valence-electron chi connectivity index (χ0n) is 14.2. The van der Waals surface area contributed by atoms with Gasteiger partial charge in [0, 0.05) is 0 Å². The molecule has 22 heavy (non-hydrogen) atoms. The van der Waals surface area contributed by atoms with E-state index >= 15 is 0 Å². The molecule has 0 heterocycles. The normalized spacial score (nSPS) is 12.4. The van der Waals surface area contributed by atoms with E-state index in [0.29, 0.717) is 6.42 Å². The second-order valence-corrected chi connectivity index (χ2v) is 6.18. The van der Waals surface area contributed by atoms with Gasteiger partial charge in [-0.3, -0.25) is 4.79 Å². The van der Waals surface area contributed by atoms with Crippen LogP contribution in [0.5, 0.6) is 5.75 Å². The molecular formula is C19H30O3. The van der Waals surface area contributed by atoms with Crippen molar-refractivity contribution in [3.8, 4) is 5.75 Å². The number of hydrogen-bond acceptors (Lipinski definition) is 2. The third-order valence-electron chi connectivity index (χ3n) is 3.80. The van der Waals surface area contributed by atoms with Crippen LogP contribution in [0.15, 0.2) is 24.3 Å². The molecule has 0 aromatic heterocycles. The third kappa shape index (κ3) is 6.97. The lowest BCUT2D eigenvalue weighted by Crippen LogP contribution is -2.12. The van der Waals surface area contributed by atoms with Gasteiger partial charge in [0.1, 0.15) is 5.75 Å². The van der Waals surface area contributed by atoms with Crippen molar-refractivity contribution in [3.05, 3.63) is 29.8 Å². The molecule has 0 fully saturated rings. The van der Waals surface area contributed by atoms with E-state index in [9.17, 15) is 9.90 Å². The lowest BCUT2D eigenvalue weighted by Gasteiger charge is -2.14. The molecule has 1 aromatic carbocycles. The molecule has 0 amide bonds. The van der Waals surface area contributed by atoms with Crippen LogP contribution in [0.2, 0.25) is 0 Å². The number of benzene rings is 1. The Hall–Kier alpha value is -1.51. The van der Waals surface area contributed by atoms with Crippen molar-refractivity contribution < 1.29 is 14.6 Å². The van der Waals surface area contributed by atoms with E-state index in [1.54, 1.807) is 0 Å². The molecule has 1 rings (SSSR count). The third-order valence-corrected chi connectivity index (χ3v) is 3.80. The fraction of sp³-hybridized carbons (Fsp3) is 0.632. The first-order valence-corrected chi connectivity index (χ1v) is 8.54. The lowest BCUT2D eigenvalue weighted by molar-refractivity contribution is -0.139. The van der Waals surface area contributed by atoms with Crippen molar-refractivity contribution >= 4 is 5.97 Å². The fourth-order valence-electron chi connectivity index (χ4n) is 2.61. The van der Waals surface area contributed by atoms with Gasteiger partial charge in [0.15, 0.2) is 0 Å². The first-order valence-electron chi connectivity index (χ1n) is 8.54. The van der Waals surface area contributed by atoms with Crippen LogP contribution in [0.1, 0.15) is 77.2 Å². The average Bonchev–Trinajstić information content (AvgIpc) is 2.47. The maximum atomic E-state index is 11.5. The topological polar surface area (TPSA) is 46.5 Å². The Bertz CT molecular complexity index is 423. The van der Waals surface area contributed by atoms with Crippen LogP contribution in [0, 0.1) is 0 Å². The Balaban J connectivity index is 2.50. The molecule has 1 N–H and O–H groups in total. The number of carbonyl (C=O) groups is 1. The molecule has 0 bridgehead atoms. The summed E-state index contributed by atoms with van der Waals surface area (Å²) >= 11 is 0. The summed E-state index contributed by atoms with van der Waals surface area (Å²) in [5, 5.41) is 9.45. The summed E-state index contributed by atoms with van der Waals surface area (Å²) in [7, 11) is 0. The predicted molar refractivity (Wildman–Crippen MR) is 90.6 cm³/mol. The van der Waals surface area contributed by atoms with Gasteiger partial charge in [0.05, 0.1) is 12.0 Å². The number of aliphatic carboxylic acids is 1. The number of hydrogen-bond donors (Lipinski definition) is 1. The molecule has 3 heteroatoms. The van der Waals surface area contributed by atoms with Gasteiger partial charge in [0.25, 0.3) is 0 Å². The molecule has 1 aromatic rings. The van der Waals surface area contributed by atoms with E-state index in [1.165, 1.54) is 25.7 Å². The summed E-state index contributed by atoms with van der Waals surface area (Å²) in [6.07, 6.45) is 7.93. The Labute approximate surface area is 134 Å². The Morgan fingerprint density at radius 2 is 1.64 bits per heavy atom. The van der Waals surface area contributed by atoms with Crippen LogP contribution >= 0.6 is 0 Å². The number of carboxylic acids is 1. The highest BCUT2D eigenvalue weighted by molar-refractivity contribution is 5.76. The quantitative estimate of drug-likeness (QED) is 0.557. The van der Waals surface area contributed by atoms with E-state index in [1.807, 2.05) is 38.1 Å². The minimum absolute atomic E-state index is 0.129. The molecular weight excluding hydrogens is 276 g/mol. The molecule has 0 aliphatic rings. The van der Waals surface area contributed by atoms with Crippen molar-refractivity contribution in [1.82, 2.24) is 0 Å². The summed E-state index contributed by atoms with van der Waals surface area (Å²) < 4.78 is 5.60. The first kappa shape index (κ1) is 18.5. The highest BCUT2D eigenvalue weighted by Crippen LogP contribution is 2.25. The first-order chi connectivity index (χ1) is 10.5. The summed E-state index contributed by atoms with van der Waals surface area (Å²) in [5.41, 5.74) is 0.872. The van der Waals surface area contributed by atoms with Gasteiger partial charge in [-0.05, 0) is 38.0 Å². The summed E-state index contributed by atoms with van der Waals surface area (Å²) in [6, 6.07) is 7.50. The van der Waals surface area contributed by atoms with Gasteiger partial charge >= 0.3 is 5.97 Å². The molecule has 124 valence electrons. The summed E-state index contributed by atoms with van der Waals surface area (Å²) in [5.74, 6) is -0.340. The molecule has 1 atom stereocenters. The van der Waals surface area contributed by atoms with Crippen molar-refractivity contribution in [2.75, 3.05) is 0 Å². The average molecular weight is 306 g/mol. The Morgan fingerprint density at radius 1 is 1.05 bits per heavy atom. The maximum absolute atomic E-state index is 11.5. The largest absolute Gasteiger partial charge is 0.491 e. The van der Waals surface area contributed by atoms with Crippen LogP contribution in [0.3, 0.4) is 0 Å². The zero-order valence-corrected chi connectivity index (χ0v) is 14.2. The number of rotatable bonds is 11. The molecule has 0 spiro atoms. The number of unbranched alkanes of at least 4 members (excludes halogenated alkanes) is 5. The predicted octanol–water partition coefficient (Wildman–Crippen LogP) is 5.39. The van der Waals surface area contributed by atoms with Crippen LogP contribution in [-0.2, 0) is 4.79 Å². The van der Waals surface area contributed by atoms with E-state index < -0.39 is 11.9 Å². The van der Waals surface area contributed by atoms with E-state index in [-0.39, 0.29) is 6.10 Å². The smallest absolute Gasteiger partial charge is 0.310 e. The number of ether oxygens (including phenoxy) is 1. The van der Waals surface area contributed by atoms with Crippen molar-refractivity contribution in [2.24, 2.45) is 0 Å². The molecule has 0 aliphatic heterocycles.